The van der Waals surface area contributed by atoms with Crippen LogP contribution in [0.2, 0.25) is 0 Å². The SMILES string of the molecule is CCC=C[P+](O)(O)OOCCCCCCCCCCCCCCCCCCCC. The van der Waals surface area contributed by atoms with Gasteiger partial charge in [-0.05, 0) is 23.6 Å². The lowest BCUT2D eigenvalue weighted by Gasteiger charge is -2.05. The first-order valence-electron chi connectivity index (χ1n) is 12.5. The van der Waals surface area contributed by atoms with Gasteiger partial charge in [0.15, 0.2) is 0 Å². The van der Waals surface area contributed by atoms with Gasteiger partial charge in [-0.15, -0.1) is 0 Å². The summed E-state index contributed by atoms with van der Waals surface area (Å²) >= 11 is 0. The zero-order valence-corrected chi connectivity index (χ0v) is 20.3. The van der Waals surface area contributed by atoms with E-state index in [0.29, 0.717) is 6.61 Å². The van der Waals surface area contributed by atoms with Crippen molar-refractivity contribution in [1.29, 1.82) is 0 Å². The molecule has 174 valence electrons. The molecule has 5 heteroatoms. The van der Waals surface area contributed by atoms with E-state index in [1.165, 1.54) is 109 Å². The molecule has 0 atom stereocenters. The van der Waals surface area contributed by atoms with Crippen molar-refractivity contribution in [3.63, 3.8) is 0 Å². The minimum Gasteiger partial charge on any atom is -0.194 e. The minimum absolute atomic E-state index is 0.418. The van der Waals surface area contributed by atoms with E-state index < -0.39 is 7.94 Å². The van der Waals surface area contributed by atoms with E-state index in [1.54, 1.807) is 6.08 Å². The summed E-state index contributed by atoms with van der Waals surface area (Å²) in [6, 6.07) is 0. The van der Waals surface area contributed by atoms with Crippen molar-refractivity contribution in [3.05, 3.63) is 11.9 Å². The van der Waals surface area contributed by atoms with Gasteiger partial charge in [0.2, 0.25) is 0 Å². The molecule has 0 fully saturated rings. The summed E-state index contributed by atoms with van der Waals surface area (Å²) in [6.07, 6.45) is 26.7. The smallest absolute Gasteiger partial charge is 0.194 e. The highest BCUT2D eigenvalue weighted by Crippen LogP contribution is 2.53. The molecule has 0 aromatic heterocycles. The predicted molar refractivity (Wildman–Crippen MR) is 127 cm³/mol. The van der Waals surface area contributed by atoms with E-state index in [4.69, 9.17) is 9.56 Å². The molecule has 0 saturated carbocycles. The number of hydrogen-bond acceptors (Lipinski definition) is 4. The fraction of sp³-hybridized carbons (Fsp3) is 0.917. The number of allylic oxidation sites excluding steroid dienone is 1. The average molecular weight is 434 g/mol. The van der Waals surface area contributed by atoms with Crippen LogP contribution in [0.4, 0.5) is 0 Å². The van der Waals surface area contributed by atoms with Gasteiger partial charge in [-0.1, -0.05) is 123 Å². The molecule has 0 spiro atoms. The summed E-state index contributed by atoms with van der Waals surface area (Å²) in [5.74, 6) is 1.29. The second kappa shape index (κ2) is 22.7. The Balaban J connectivity index is 3.14. The molecule has 0 heterocycles. The highest BCUT2D eigenvalue weighted by molar-refractivity contribution is 7.62. The first kappa shape index (κ1) is 29.0. The van der Waals surface area contributed by atoms with Crippen LogP contribution in [0.3, 0.4) is 0 Å². The Morgan fingerprint density at radius 3 is 1.34 bits per heavy atom. The molecular weight excluding hydrogens is 383 g/mol. The number of rotatable bonds is 23. The van der Waals surface area contributed by atoms with Crippen molar-refractivity contribution >= 4 is 7.94 Å². The topological polar surface area (TPSA) is 58.9 Å². The van der Waals surface area contributed by atoms with Crippen LogP contribution in [0, 0.1) is 0 Å². The van der Waals surface area contributed by atoms with E-state index in [0.717, 1.165) is 19.3 Å². The third kappa shape index (κ3) is 24.2. The lowest BCUT2D eigenvalue weighted by molar-refractivity contribution is -0.218. The highest BCUT2D eigenvalue weighted by Gasteiger charge is 2.34. The Bertz CT molecular complexity index is 348. The lowest BCUT2D eigenvalue weighted by Crippen LogP contribution is -1.98. The molecule has 2 N–H and O–H groups in total. The van der Waals surface area contributed by atoms with Crippen LogP contribution in [-0.4, -0.2) is 16.4 Å². The van der Waals surface area contributed by atoms with Gasteiger partial charge in [0.05, 0.1) is 6.61 Å². The summed E-state index contributed by atoms with van der Waals surface area (Å²) in [5.41, 5.74) is 0. The minimum atomic E-state index is -3.46. The van der Waals surface area contributed by atoms with Crippen LogP contribution >= 0.6 is 7.94 Å². The lowest BCUT2D eigenvalue weighted by atomic mass is 10.0. The molecule has 4 nitrogen and oxygen atoms in total. The van der Waals surface area contributed by atoms with Crippen molar-refractivity contribution in [2.45, 2.75) is 136 Å². The van der Waals surface area contributed by atoms with Gasteiger partial charge in [-0.3, -0.25) is 0 Å². The molecule has 0 aliphatic carbocycles. The fourth-order valence-corrected chi connectivity index (χ4v) is 4.21. The number of unbranched alkanes of at least 4 members (excludes halogenated alkanes) is 17. The Morgan fingerprint density at radius 2 is 0.966 bits per heavy atom. The summed E-state index contributed by atoms with van der Waals surface area (Å²) < 4.78 is 4.70. The molecular formula is C24H50O4P+. The molecule has 0 unspecified atom stereocenters. The molecule has 0 aliphatic rings. The third-order valence-corrected chi connectivity index (χ3v) is 6.20. The molecule has 0 radical (unpaired) electrons. The largest absolute Gasteiger partial charge is 0.473 e. The van der Waals surface area contributed by atoms with Gasteiger partial charge < -0.3 is 0 Å². The molecule has 29 heavy (non-hydrogen) atoms. The first-order chi connectivity index (χ1) is 14.1. The summed E-state index contributed by atoms with van der Waals surface area (Å²) in [7, 11) is -3.46. The van der Waals surface area contributed by atoms with E-state index >= 15 is 0 Å². The summed E-state index contributed by atoms with van der Waals surface area (Å²) in [6.45, 7) is 4.62. The van der Waals surface area contributed by atoms with Crippen molar-refractivity contribution in [1.82, 2.24) is 0 Å². The van der Waals surface area contributed by atoms with Crippen molar-refractivity contribution in [2.75, 3.05) is 6.61 Å². The van der Waals surface area contributed by atoms with Gasteiger partial charge in [-0.25, -0.2) is 0 Å². The zero-order chi connectivity index (χ0) is 21.5. The van der Waals surface area contributed by atoms with Crippen molar-refractivity contribution in [3.8, 4) is 0 Å². The van der Waals surface area contributed by atoms with Crippen molar-refractivity contribution in [2.24, 2.45) is 0 Å². The standard InChI is InChI=1S/C24H50O4P/c1-3-5-7-8-9-10-11-12-13-14-15-16-17-18-19-20-21-22-23-27-28-29(25,26)24-6-4-2/h6,24-26H,3-5,7-23H2,1-2H3/q+1. The van der Waals surface area contributed by atoms with Gasteiger partial charge in [0.25, 0.3) is 0 Å². The maximum atomic E-state index is 9.53. The van der Waals surface area contributed by atoms with Gasteiger partial charge in [-0.2, -0.15) is 14.7 Å². The van der Waals surface area contributed by atoms with Gasteiger partial charge in [0, 0.05) is 0 Å². The number of hydrogen-bond donors (Lipinski definition) is 2. The second-order valence-electron chi connectivity index (χ2n) is 8.29. The van der Waals surface area contributed by atoms with Crippen LogP contribution in [0.25, 0.3) is 0 Å². The van der Waals surface area contributed by atoms with Crippen LogP contribution in [0.15, 0.2) is 11.9 Å². The van der Waals surface area contributed by atoms with Crippen LogP contribution in [0.5, 0.6) is 0 Å². The molecule has 0 aromatic carbocycles. The quantitative estimate of drug-likeness (QED) is 0.0732. The van der Waals surface area contributed by atoms with E-state index in [1.807, 2.05) is 6.92 Å². The van der Waals surface area contributed by atoms with Crippen molar-refractivity contribution < 1.29 is 19.3 Å². The van der Waals surface area contributed by atoms with Crippen LogP contribution in [-0.2, 0) is 9.56 Å². The molecule has 0 aromatic rings. The maximum Gasteiger partial charge on any atom is 0.473 e. The molecule has 0 saturated heterocycles. The van der Waals surface area contributed by atoms with Gasteiger partial charge >= 0.3 is 7.94 Å². The third-order valence-electron chi connectivity index (χ3n) is 5.28. The Labute approximate surface area is 182 Å². The summed E-state index contributed by atoms with van der Waals surface area (Å²) in [4.78, 5) is 24.0. The maximum absolute atomic E-state index is 9.53. The Kier molecular flexibility index (Phi) is 22.7. The monoisotopic (exact) mass is 433 g/mol. The van der Waals surface area contributed by atoms with Gasteiger partial charge in [0.1, 0.15) is 5.82 Å². The van der Waals surface area contributed by atoms with E-state index in [-0.39, 0.29) is 0 Å². The zero-order valence-electron chi connectivity index (χ0n) is 19.5. The average Bonchev–Trinajstić information content (AvgIpc) is 2.71. The Hall–Kier alpha value is 0.01000. The molecule has 0 rings (SSSR count). The second-order valence-corrected chi connectivity index (χ2v) is 9.91. The normalized spacial score (nSPS) is 12.3. The van der Waals surface area contributed by atoms with Crippen LogP contribution in [0.1, 0.15) is 136 Å². The first-order valence-corrected chi connectivity index (χ1v) is 14.1. The van der Waals surface area contributed by atoms with E-state index in [2.05, 4.69) is 6.92 Å². The van der Waals surface area contributed by atoms with Crippen LogP contribution < -0.4 is 0 Å². The fourth-order valence-electron chi connectivity index (χ4n) is 3.45. The summed E-state index contributed by atoms with van der Waals surface area (Å²) in [5, 5.41) is 0. The highest BCUT2D eigenvalue weighted by atomic mass is 31.2. The predicted octanol–water partition coefficient (Wildman–Crippen LogP) is 8.65. The Morgan fingerprint density at radius 1 is 0.586 bits per heavy atom. The van der Waals surface area contributed by atoms with E-state index in [9.17, 15) is 9.79 Å². The molecule has 0 amide bonds. The molecule has 0 aliphatic heterocycles. The molecule has 0 bridgehead atoms.